The highest BCUT2D eigenvalue weighted by Gasteiger charge is 2.24. The number of piperazine rings is 1. The molecule has 27 heavy (non-hydrogen) atoms. The second kappa shape index (κ2) is 7.56. The van der Waals surface area contributed by atoms with Gasteiger partial charge in [0.15, 0.2) is 11.5 Å². The van der Waals surface area contributed by atoms with Crippen molar-refractivity contribution in [2.75, 3.05) is 37.9 Å². The largest absolute Gasteiger partial charge is 0.454 e. The zero-order chi connectivity index (χ0) is 18.8. The van der Waals surface area contributed by atoms with Gasteiger partial charge in [0.2, 0.25) is 6.79 Å². The summed E-state index contributed by atoms with van der Waals surface area (Å²) in [6.07, 6.45) is 0. The van der Waals surface area contributed by atoms with Crippen LogP contribution in [0.25, 0.3) is 0 Å². The van der Waals surface area contributed by atoms with Crippen LogP contribution in [-0.4, -0.2) is 43.9 Å². The molecule has 0 saturated carbocycles. The number of hydrogen-bond donors (Lipinski definition) is 1. The second-order valence-electron chi connectivity index (χ2n) is 6.71. The molecule has 0 aromatic heterocycles. The molecular weight excluding hydrogens is 366 g/mol. The number of nitrogens with one attached hydrogen (secondary N) is 1. The molecule has 2 aliphatic heterocycles. The Kier molecular flexibility index (Phi) is 4.99. The standard InChI is InChI=1S/C20H22ClN3O3/c1-14(15-6-7-18-19(12-15)27-13-26-18)22-20(25)24-10-8-23(9-11-24)17-5-3-2-4-16(17)21/h2-7,12,14H,8-11,13H2,1H3,(H,22,25). The van der Waals surface area contributed by atoms with Crippen LogP contribution in [0.5, 0.6) is 11.5 Å². The summed E-state index contributed by atoms with van der Waals surface area (Å²) >= 11 is 6.28. The van der Waals surface area contributed by atoms with Crippen molar-refractivity contribution in [2.45, 2.75) is 13.0 Å². The molecule has 1 fully saturated rings. The van der Waals surface area contributed by atoms with E-state index >= 15 is 0 Å². The van der Waals surface area contributed by atoms with Crippen molar-refractivity contribution in [3.05, 3.63) is 53.1 Å². The van der Waals surface area contributed by atoms with Gasteiger partial charge in [0.25, 0.3) is 0 Å². The Balaban J connectivity index is 1.33. The Morgan fingerprint density at radius 3 is 2.59 bits per heavy atom. The van der Waals surface area contributed by atoms with Crippen molar-refractivity contribution in [1.82, 2.24) is 10.2 Å². The first kappa shape index (κ1) is 17.8. The molecule has 1 unspecified atom stereocenters. The minimum Gasteiger partial charge on any atom is -0.454 e. The monoisotopic (exact) mass is 387 g/mol. The maximum Gasteiger partial charge on any atom is 0.317 e. The van der Waals surface area contributed by atoms with Crippen molar-refractivity contribution in [2.24, 2.45) is 0 Å². The number of para-hydroxylation sites is 1. The zero-order valence-electron chi connectivity index (χ0n) is 15.2. The third-order valence-electron chi connectivity index (χ3n) is 5.00. The number of rotatable bonds is 3. The number of urea groups is 1. The molecule has 0 bridgehead atoms. The number of fused-ring (bicyclic) bond motifs is 1. The molecule has 2 aromatic carbocycles. The molecule has 4 rings (SSSR count). The van der Waals surface area contributed by atoms with Crippen molar-refractivity contribution >= 4 is 23.3 Å². The lowest BCUT2D eigenvalue weighted by Crippen LogP contribution is -2.52. The average molecular weight is 388 g/mol. The van der Waals surface area contributed by atoms with Gasteiger partial charge in [0.05, 0.1) is 16.8 Å². The smallest absolute Gasteiger partial charge is 0.317 e. The predicted octanol–water partition coefficient (Wildman–Crippen LogP) is 3.66. The van der Waals surface area contributed by atoms with Crippen LogP contribution in [0.15, 0.2) is 42.5 Å². The SMILES string of the molecule is CC(NC(=O)N1CCN(c2ccccc2Cl)CC1)c1ccc2c(c1)OCO2. The highest BCUT2D eigenvalue weighted by atomic mass is 35.5. The van der Waals surface area contributed by atoms with Gasteiger partial charge >= 0.3 is 6.03 Å². The van der Waals surface area contributed by atoms with Crippen LogP contribution in [0, 0.1) is 0 Å². The van der Waals surface area contributed by atoms with Crippen molar-refractivity contribution in [3.63, 3.8) is 0 Å². The summed E-state index contributed by atoms with van der Waals surface area (Å²) in [5.41, 5.74) is 2.01. The number of amides is 2. The topological polar surface area (TPSA) is 54.0 Å². The van der Waals surface area contributed by atoms with Crippen molar-refractivity contribution in [1.29, 1.82) is 0 Å². The van der Waals surface area contributed by atoms with Crippen LogP contribution in [0.2, 0.25) is 5.02 Å². The van der Waals surface area contributed by atoms with E-state index in [1.807, 2.05) is 54.3 Å². The third kappa shape index (κ3) is 3.76. The van der Waals surface area contributed by atoms with Crippen molar-refractivity contribution in [3.8, 4) is 11.5 Å². The van der Waals surface area contributed by atoms with Gasteiger partial charge in [-0.15, -0.1) is 0 Å². The molecule has 0 spiro atoms. The van der Waals surface area contributed by atoms with Crippen LogP contribution >= 0.6 is 11.6 Å². The molecule has 0 radical (unpaired) electrons. The van der Waals surface area contributed by atoms with E-state index < -0.39 is 0 Å². The van der Waals surface area contributed by atoms with E-state index in [9.17, 15) is 4.79 Å². The molecule has 6 nitrogen and oxygen atoms in total. The highest BCUT2D eigenvalue weighted by Crippen LogP contribution is 2.34. The third-order valence-corrected chi connectivity index (χ3v) is 5.32. The van der Waals surface area contributed by atoms with Crippen LogP contribution in [0.3, 0.4) is 0 Å². The molecule has 1 atom stereocenters. The molecule has 2 aromatic rings. The Bertz CT molecular complexity index is 837. The first-order valence-electron chi connectivity index (χ1n) is 9.06. The van der Waals surface area contributed by atoms with Crippen LogP contribution in [-0.2, 0) is 0 Å². The molecule has 2 heterocycles. The maximum absolute atomic E-state index is 12.6. The van der Waals surface area contributed by atoms with E-state index in [-0.39, 0.29) is 18.9 Å². The van der Waals surface area contributed by atoms with Gasteiger partial charge in [-0.1, -0.05) is 29.8 Å². The minimum atomic E-state index is -0.117. The normalized spacial score (nSPS) is 17.0. The summed E-state index contributed by atoms with van der Waals surface area (Å²) < 4.78 is 10.7. The zero-order valence-corrected chi connectivity index (χ0v) is 15.9. The van der Waals surface area contributed by atoms with Crippen molar-refractivity contribution < 1.29 is 14.3 Å². The highest BCUT2D eigenvalue weighted by molar-refractivity contribution is 6.33. The lowest BCUT2D eigenvalue weighted by atomic mass is 10.1. The van der Waals surface area contributed by atoms with E-state index in [1.54, 1.807) is 0 Å². The Hall–Kier alpha value is -2.60. The van der Waals surface area contributed by atoms with Gasteiger partial charge in [-0.25, -0.2) is 4.79 Å². The van der Waals surface area contributed by atoms with E-state index in [1.165, 1.54) is 0 Å². The number of hydrogen-bond acceptors (Lipinski definition) is 4. The second-order valence-corrected chi connectivity index (χ2v) is 7.12. The summed E-state index contributed by atoms with van der Waals surface area (Å²) in [7, 11) is 0. The Morgan fingerprint density at radius 2 is 1.81 bits per heavy atom. The summed E-state index contributed by atoms with van der Waals surface area (Å²) in [5.74, 6) is 1.47. The van der Waals surface area contributed by atoms with E-state index in [0.29, 0.717) is 13.1 Å². The fraction of sp³-hybridized carbons (Fsp3) is 0.350. The molecule has 2 aliphatic rings. The van der Waals surface area contributed by atoms with Gasteiger partial charge in [0.1, 0.15) is 0 Å². The summed E-state index contributed by atoms with van der Waals surface area (Å²) in [6.45, 7) is 5.05. The first-order chi connectivity index (χ1) is 13.1. The van der Waals surface area contributed by atoms with Crippen LogP contribution < -0.4 is 19.7 Å². The number of halogens is 1. The molecule has 2 amide bonds. The number of nitrogens with zero attached hydrogens (tertiary/aromatic N) is 2. The summed E-state index contributed by atoms with van der Waals surface area (Å²) in [5, 5.41) is 3.81. The first-order valence-corrected chi connectivity index (χ1v) is 9.44. The maximum atomic E-state index is 12.6. The molecule has 0 aliphatic carbocycles. The van der Waals surface area contributed by atoms with E-state index in [4.69, 9.17) is 21.1 Å². The minimum absolute atomic E-state index is 0.0565. The number of carbonyl (C=O) groups excluding carboxylic acids is 1. The lowest BCUT2D eigenvalue weighted by molar-refractivity contribution is 0.174. The fourth-order valence-electron chi connectivity index (χ4n) is 3.40. The van der Waals surface area contributed by atoms with Gasteiger partial charge in [0, 0.05) is 26.2 Å². The van der Waals surface area contributed by atoms with Gasteiger partial charge in [-0.3, -0.25) is 0 Å². The average Bonchev–Trinajstić information content (AvgIpc) is 3.16. The lowest BCUT2D eigenvalue weighted by Gasteiger charge is -2.37. The quantitative estimate of drug-likeness (QED) is 0.873. The molecule has 1 N–H and O–H groups in total. The Morgan fingerprint density at radius 1 is 1.07 bits per heavy atom. The van der Waals surface area contributed by atoms with Gasteiger partial charge in [-0.2, -0.15) is 0 Å². The molecule has 142 valence electrons. The van der Waals surface area contributed by atoms with Gasteiger partial charge < -0.3 is 24.6 Å². The molecule has 1 saturated heterocycles. The predicted molar refractivity (Wildman–Crippen MR) is 105 cm³/mol. The van der Waals surface area contributed by atoms with Crippen LogP contribution in [0.1, 0.15) is 18.5 Å². The number of benzene rings is 2. The molecule has 7 heteroatoms. The van der Waals surface area contributed by atoms with E-state index in [2.05, 4.69) is 10.2 Å². The number of ether oxygens (including phenoxy) is 2. The number of anilines is 1. The Labute approximate surface area is 163 Å². The number of carbonyl (C=O) groups is 1. The molecular formula is C20H22ClN3O3. The van der Waals surface area contributed by atoms with E-state index in [0.717, 1.165) is 40.9 Å². The van der Waals surface area contributed by atoms with Gasteiger partial charge in [-0.05, 0) is 36.8 Å². The summed E-state index contributed by atoms with van der Waals surface area (Å²) in [6, 6.07) is 13.4. The van der Waals surface area contributed by atoms with Crippen LogP contribution in [0.4, 0.5) is 10.5 Å². The fourth-order valence-corrected chi connectivity index (χ4v) is 3.66. The summed E-state index contributed by atoms with van der Waals surface area (Å²) in [4.78, 5) is 16.7.